The third-order valence-corrected chi connectivity index (χ3v) is 3.62. The van der Waals surface area contributed by atoms with Crippen LogP contribution < -0.4 is 10.0 Å². The molecule has 0 aliphatic carbocycles. The smallest absolute Gasteiger partial charge is 0.261 e. The van der Waals surface area contributed by atoms with E-state index in [0.717, 1.165) is 16.9 Å². The standard InChI is InChI=1S/C10H16N4O3S2/c1-6(2)7(3)5-11-8(15)4-9-12-13-10(18-9)14-19(16)17/h6H,3-5H2,1-2H3,(H,11,15)(H,13,14)(H,16,17). The Kier molecular flexibility index (Phi) is 6.06. The van der Waals surface area contributed by atoms with Crippen molar-refractivity contribution in [1.29, 1.82) is 0 Å². The molecule has 7 nitrogen and oxygen atoms in total. The highest BCUT2D eigenvalue weighted by Crippen LogP contribution is 2.15. The second kappa shape index (κ2) is 7.31. The SMILES string of the molecule is C=C(CNC(=O)Cc1nnc(NS(=O)O)s1)C(C)C. The molecule has 0 radical (unpaired) electrons. The lowest BCUT2D eigenvalue weighted by molar-refractivity contribution is -0.120. The zero-order chi connectivity index (χ0) is 14.4. The van der Waals surface area contributed by atoms with Gasteiger partial charge in [0.2, 0.25) is 11.0 Å². The zero-order valence-corrected chi connectivity index (χ0v) is 12.3. The van der Waals surface area contributed by atoms with Crippen molar-refractivity contribution in [2.45, 2.75) is 20.3 Å². The number of rotatable bonds is 7. The molecule has 0 saturated carbocycles. The number of carbonyl (C=O) groups is 1. The van der Waals surface area contributed by atoms with Crippen LogP contribution in [0.25, 0.3) is 0 Å². The Morgan fingerprint density at radius 1 is 1.53 bits per heavy atom. The molecule has 1 rings (SSSR count). The van der Waals surface area contributed by atoms with E-state index in [0.29, 0.717) is 17.5 Å². The van der Waals surface area contributed by atoms with E-state index in [1.54, 1.807) is 0 Å². The summed E-state index contributed by atoms with van der Waals surface area (Å²) >= 11 is -1.12. The van der Waals surface area contributed by atoms with Gasteiger partial charge >= 0.3 is 0 Å². The average Bonchev–Trinajstić information content (AvgIpc) is 2.72. The Labute approximate surface area is 117 Å². The predicted molar refractivity (Wildman–Crippen MR) is 75.0 cm³/mol. The van der Waals surface area contributed by atoms with Gasteiger partial charge in [0.1, 0.15) is 5.01 Å². The molecule has 0 aliphatic heterocycles. The summed E-state index contributed by atoms with van der Waals surface area (Å²) in [6.07, 6.45) is 0.0861. The maximum Gasteiger partial charge on any atom is 0.261 e. The van der Waals surface area contributed by atoms with Crippen molar-refractivity contribution in [3.05, 3.63) is 17.2 Å². The molecule has 0 bridgehead atoms. The Morgan fingerprint density at radius 2 is 2.21 bits per heavy atom. The van der Waals surface area contributed by atoms with Crippen molar-refractivity contribution in [3.63, 3.8) is 0 Å². The van der Waals surface area contributed by atoms with Gasteiger partial charge in [-0.05, 0) is 5.92 Å². The molecule has 106 valence electrons. The summed E-state index contributed by atoms with van der Waals surface area (Å²) in [7, 11) is 0. The van der Waals surface area contributed by atoms with Crippen LogP contribution in [0.3, 0.4) is 0 Å². The van der Waals surface area contributed by atoms with Crippen molar-refractivity contribution >= 4 is 33.6 Å². The van der Waals surface area contributed by atoms with E-state index in [2.05, 4.69) is 26.8 Å². The van der Waals surface area contributed by atoms with E-state index >= 15 is 0 Å². The quantitative estimate of drug-likeness (QED) is 0.514. The molecular formula is C10H16N4O3S2. The van der Waals surface area contributed by atoms with Gasteiger partial charge in [0.25, 0.3) is 11.3 Å². The van der Waals surface area contributed by atoms with Crippen LogP contribution in [0.1, 0.15) is 18.9 Å². The van der Waals surface area contributed by atoms with E-state index in [1.165, 1.54) is 0 Å². The minimum absolute atomic E-state index is 0.0861. The van der Waals surface area contributed by atoms with Crippen LogP contribution in [0.15, 0.2) is 12.2 Å². The summed E-state index contributed by atoms with van der Waals surface area (Å²) in [6.45, 7) is 8.30. The number of nitrogens with one attached hydrogen (secondary N) is 2. The normalized spacial score (nSPS) is 12.2. The van der Waals surface area contributed by atoms with Gasteiger partial charge in [-0.3, -0.25) is 14.1 Å². The summed E-state index contributed by atoms with van der Waals surface area (Å²) in [6, 6.07) is 0. The molecule has 1 unspecified atom stereocenters. The molecule has 1 amide bonds. The van der Waals surface area contributed by atoms with Crippen LogP contribution >= 0.6 is 11.3 Å². The van der Waals surface area contributed by atoms with Gasteiger partial charge in [0.05, 0.1) is 6.42 Å². The first kappa shape index (κ1) is 15.7. The molecular weight excluding hydrogens is 288 g/mol. The van der Waals surface area contributed by atoms with Gasteiger partial charge < -0.3 is 5.32 Å². The lowest BCUT2D eigenvalue weighted by atomic mass is 10.1. The van der Waals surface area contributed by atoms with Gasteiger partial charge in [0, 0.05) is 6.54 Å². The number of hydrogen-bond acceptors (Lipinski definition) is 5. The molecule has 1 heterocycles. The third kappa shape index (κ3) is 5.90. The molecule has 3 N–H and O–H groups in total. The number of hydrogen-bond donors (Lipinski definition) is 3. The highest BCUT2D eigenvalue weighted by molar-refractivity contribution is 7.80. The first-order chi connectivity index (χ1) is 8.88. The van der Waals surface area contributed by atoms with Gasteiger partial charge in [-0.1, -0.05) is 37.3 Å². The van der Waals surface area contributed by atoms with E-state index < -0.39 is 11.3 Å². The van der Waals surface area contributed by atoms with Crippen LogP contribution in [-0.4, -0.2) is 31.4 Å². The topological polar surface area (TPSA) is 104 Å². The van der Waals surface area contributed by atoms with E-state index in [-0.39, 0.29) is 17.5 Å². The van der Waals surface area contributed by atoms with Crippen LogP contribution in [0.5, 0.6) is 0 Å². The summed E-state index contributed by atoms with van der Waals surface area (Å²) in [5.41, 5.74) is 0.948. The van der Waals surface area contributed by atoms with Crippen molar-refractivity contribution in [3.8, 4) is 0 Å². The molecule has 1 aromatic rings. The Hall–Kier alpha value is -1.32. The lowest BCUT2D eigenvalue weighted by Gasteiger charge is -2.09. The number of nitrogens with zero attached hydrogens (tertiary/aromatic N) is 2. The highest BCUT2D eigenvalue weighted by Gasteiger charge is 2.10. The average molecular weight is 304 g/mol. The first-order valence-electron chi connectivity index (χ1n) is 5.52. The fourth-order valence-corrected chi connectivity index (χ4v) is 2.22. The first-order valence-corrected chi connectivity index (χ1v) is 7.45. The Balaban J connectivity index is 2.42. The van der Waals surface area contributed by atoms with Crippen molar-refractivity contribution in [2.75, 3.05) is 11.3 Å². The molecule has 0 fully saturated rings. The molecule has 9 heteroatoms. The monoisotopic (exact) mass is 304 g/mol. The second-order valence-electron chi connectivity index (χ2n) is 4.12. The van der Waals surface area contributed by atoms with E-state index in [1.807, 2.05) is 13.8 Å². The van der Waals surface area contributed by atoms with Crippen molar-refractivity contribution in [2.24, 2.45) is 5.92 Å². The largest absolute Gasteiger partial charge is 0.352 e. The Morgan fingerprint density at radius 3 is 2.79 bits per heavy atom. The maximum atomic E-state index is 11.6. The van der Waals surface area contributed by atoms with Crippen LogP contribution in [0.2, 0.25) is 0 Å². The van der Waals surface area contributed by atoms with Crippen LogP contribution in [0, 0.1) is 5.92 Å². The van der Waals surface area contributed by atoms with Crippen molar-refractivity contribution < 1.29 is 13.6 Å². The zero-order valence-electron chi connectivity index (χ0n) is 10.7. The number of anilines is 1. The third-order valence-electron chi connectivity index (χ3n) is 2.28. The molecule has 1 aromatic heterocycles. The summed E-state index contributed by atoms with van der Waals surface area (Å²) < 4.78 is 21.3. The minimum Gasteiger partial charge on any atom is -0.352 e. The number of carbonyl (C=O) groups excluding carboxylic acids is 1. The van der Waals surface area contributed by atoms with Crippen LogP contribution in [0.4, 0.5) is 5.13 Å². The van der Waals surface area contributed by atoms with Gasteiger partial charge in [-0.2, -0.15) is 0 Å². The molecule has 19 heavy (non-hydrogen) atoms. The fraction of sp³-hybridized carbons (Fsp3) is 0.500. The summed E-state index contributed by atoms with van der Waals surface area (Å²) in [5, 5.41) is 10.8. The van der Waals surface area contributed by atoms with Gasteiger partial charge in [-0.15, -0.1) is 10.2 Å². The Bertz CT molecular complexity index is 487. The maximum absolute atomic E-state index is 11.6. The summed E-state index contributed by atoms with van der Waals surface area (Å²) in [4.78, 5) is 11.6. The van der Waals surface area contributed by atoms with Gasteiger partial charge in [-0.25, -0.2) is 4.21 Å². The second-order valence-corrected chi connectivity index (χ2v) is 5.88. The van der Waals surface area contributed by atoms with E-state index in [9.17, 15) is 9.00 Å². The summed E-state index contributed by atoms with van der Waals surface area (Å²) in [5.74, 6) is 0.131. The molecule has 1 atom stereocenters. The fourth-order valence-electron chi connectivity index (χ4n) is 1.06. The van der Waals surface area contributed by atoms with Crippen molar-refractivity contribution in [1.82, 2.24) is 15.5 Å². The van der Waals surface area contributed by atoms with Crippen LogP contribution in [-0.2, 0) is 22.5 Å². The lowest BCUT2D eigenvalue weighted by Crippen LogP contribution is -2.27. The minimum atomic E-state index is -2.19. The molecule has 0 aromatic carbocycles. The van der Waals surface area contributed by atoms with E-state index in [4.69, 9.17) is 4.55 Å². The molecule has 0 spiro atoms. The predicted octanol–water partition coefficient (Wildman–Crippen LogP) is 0.958. The molecule has 0 saturated heterocycles. The highest BCUT2D eigenvalue weighted by atomic mass is 32.2. The van der Waals surface area contributed by atoms with Gasteiger partial charge in [0.15, 0.2) is 0 Å². The number of aromatic nitrogens is 2. The molecule has 0 aliphatic rings. The number of amides is 1.